The lowest BCUT2D eigenvalue weighted by molar-refractivity contribution is 0.590. The summed E-state index contributed by atoms with van der Waals surface area (Å²) in [5, 5.41) is 9.76. The Morgan fingerprint density at radius 2 is 1.59 bits per heavy atom. The van der Waals surface area contributed by atoms with Crippen LogP contribution < -0.4 is 5.73 Å². The topological polar surface area (TPSA) is 62.7 Å². The number of anilines is 1. The van der Waals surface area contributed by atoms with Crippen LogP contribution in [-0.2, 0) is 11.8 Å². The van der Waals surface area contributed by atoms with E-state index in [9.17, 15) is 5.26 Å². The number of nitrogens with zero attached hydrogens (tertiary/aromatic N) is 2. The highest BCUT2D eigenvalue weighted by molar-refractivity contribution is 5.84. The first kappa shape index (κ1) is 18.7. The minimum absolute atomic E-state index is 0.0800. The fraction of sp³-hybridized carbons (Fsp3) is 0.250. The van der Waals surface area contributed by atoms with Gasteiger partial charge in [0.1, 0.15) is 17.5 Å². The van der Waals surface area contributed by atoms with Crippen LogP contribution in [-0.4, -0.2) is 4.98 Å². The lowest BCUT2D eigenvalue weighted by Gasteiger charge is -2.21. The highest BCUT2D eigenvalue weighted by Crippen LogP contribution is 2.37. The van der Waals surface area contributed by atoms with Crippen molar-refractivity contribution < 1.29 is 0 Å². The molecule has 3 rings (SSSR count). The third-order valence-corrected chi connectivity index (χ3v) is 4.88. The maximum Gasteiger partial charge on any atom is 0.142 e. The largest absolute Gasteiger partial charge is 0.383 e. The van der Waals surface area contributed by atoms with Crippen LogP contribution in [0.4, 0.5) is 5.82 Å². The molecule has 0 saturated carbocycles. The Balaban J connectivity index is 2.28. The molecular formula is C24H25N3. The maximum absolute atomic E-state index is 9.76. The smallest absolute Gasteiger partial charge is 0.142 e. The van der Waals surface area contributed by atoms with Gasteiger partial charge in [0.25, 0.3) is 0 Å². The first-order valence-electron chi connectivity index (χ1n) is 9.25. The quantitative estimate of drug-likeness (QED) is 0.652. The number of benzene rings is 2. The highest BCUT2D eigenvalue weighted by Gasteiger charge is 2.20. The molecule has 27 heavy (non-hydrogen) atoms. The molecule has 0 radical (unpaired) electrons. The van der Waals surface area contributed by atoms with E-state index in [0.717, 1.165) is 34.4 Å². The second-order valence-electron chi connectivity index (χ2n) is 7.73. The Morgan fingerprint density at radius 1 is 0.963 bits per heavy atom. The molecule has 0 bridgehead atoms. The average Bonchev–Trinajstić information content (AvgIpc) is 2.67. The van der Waals surface area contributed by atoms with E-state index in [4.69, 9.17) is 5.73 Å². The second-order valence-corrected chi connectivity index (χ2v) is 7.73. The van der Waals surface area contributed by atoms with E-state index < -0.39 is 0 Å². The molecule has 3 nitrogen and oxygen atoms in total. The number of nitrogens with two attached hydrogens (primary N) is 1. The Kier molecular flexibility index (Phi) is 5.01. The number of nitrogen functional groups attached to an aromatic ring is 1. The van der Waals surface area contributed by atoms with Crippen molar-refractivity contribution >= 4 is 5.82 Å². The van der Waals surface area contributed by atoms with Crippen molar-refractivity contribution in [2.75, 3.05) is 5.73 Å². The summed E-state index contributed by atoms with van der Waals surface area (Å²) in [5.41, 5.74) is 12.8. The molecule has 2 N–H and O–H groups in total. The van der Waals surface area contributed by atoms with Gasteiger partial charge < -0.3 is 5.73 Å². The van der Waals surface area contributed by atoms with Gasteiger partial charge in [0.05, 0.1) is 5.69 Å². The van der Waals surface area contributed by atoms with Gasteiger partial charge in [-0.2, -0.15) is 5.26 Å². The molecule has 0 spiro atoms. The summed E-state index contributed by atoms with van der Waals surface area (Å²) in [6, 6.07) is 20.7. The summed E-state index contributed by atoms with van der Waals surface area (Å²) >= 11 is 0. The van der Waals surface area contributed by atoms with Crippen LogP contribution in [0.15, 0.2) is 54.6 Å². The molecule has 3 aromatic rings. The predicted octanol–water partition coefficient (Wildman–Crippen LogP) is 5.73. The van der Waals surface area contributed by atoms with E-state index in [-0.39, 0.29) is 11.2 Å². The maximum atomic E-state index is 9.76. The third-order valence-electron chi connectivity index (χ3n) is 4.88. The molecular weight excluding hydrogens is 330 g/mol. The minimum atomic E-state index is 0.0800. The third kappa shape index (κ3) is 3.57. The van der Waals surface area contributed by atoms with Crippen molar-refractivity contribution in [3.63, 3.8) is 0 Å². The van der Waals surface area contributed by atoms with Crippen LogP contribution >= 0.6 is 0 Å². The normalized spacial score (nSPS) is 11.2. The van der Waals surface area contributed by atoms with Crippen LogP contribution in [0.5, 0.6) is 0 Å². The van der Waals surface area contributed by atoms with Gasteiger partial charge in [-0.25, -0.2) is 4.98 Å². The SMILES string of the molecule is CCc1c(-c2ccccc2)nc(N)c(C#N)c1-c1ccc(C(C)(C)C)cc1. The highest BCUT2D eigenvalue weighted by atomic mass is 14.9. The second kappa shape index (κ2) is 7.25. The summed E-state index contributed by atoms with van der Waals surface area (Å²) in [6.45, 7) is 8.67. The van der Waals surface area contributed by atoms with Crippen molar-refractivity contribution in [3.05, 3.63) is 71.3 Å². The number of pyridine rings is 1. The first-order chi connectivity index (χ1) is 12.9. The Labute approximate surface area is 161 Å². The molecule has 0 amide bonds. The molecule has 136 valence electrons. The van der Waals surface area contributed by atoms with Crippen LogP contribution in [0.3, 0.4) is 0 Å². The predicted molar refractivity (Wildman–Crippen MR) is 112 cm³/mol. The van der Waals surface area contributed by atoms with E-state index >= 15 is 0 Å². The van der Waals surface area contributed by atoms with Gasteiger partial charge in [0.15, 0.2) is 0 Å². The fourth-order valence-corrected chi connectivity index (χ4v) is 3.39. The fourth-order valence-electron chi connectivity index (χ4n) is 3.39. The average molecular weight is 355 g/mol. The van der Waals surface area contributed by atoms with E-state index in [1.165, 1.54) is 5.56 Å². The molecule has 1 heterocycles. The minimum Gasteiger partial charge on any atom is -0.383 e. The number of hydrogen-bond acceptors (Lipinski definition) is 3. The number of aromatic nitrogens is 1. The molecule has 0 unspecified atom stereocenters. The van der Waals surface area contributed by atoms with E-state index in [2.05, 4.69) is 63.0 Å². The van der Waals surface area contributed by atoms with Gasteiger partial charge in [0, 0.05) is 11.1 Å². The van der Waals surface area contributed by atoms with Gasteiger partial charge in [-0.3, -0.25) is 0 Å². The van der Waals surface area contributed by atoms with Crippen molar-refractivity contribution in [2.45, 2.75) is 39.5 Å². The Bertz CT molecular complexity index is 989. The van der Waals surface area contributed by atoms with E-state index in [1.54, 1.807) is 0 Å². The monoisotopic (exact) mass is 355 g/mol. The molecule has 0 aliphatic heterocycles. The molecule has 2 aromatic carbocycles. The van der Waals surface area contributed by atoms with Gasteiger partial charge in [-0.1, -0.05) is 82.3 Å². The first-order valence-corrected chi connectivity index (χ1v) is 9.25. The molecule has 0 aliphatic rings. The molecule has 0 saturated heterocycles. The van der Waals surface area contributed by atoms with Crippen molar-refractivity contribution in [1.82, 2.24) is 4.98 Å². The molecule has 0 atom stereocenters. The Hall–Kier alpha value is -3.12. The van der Waals surface area contributed by atoms with Crippen LogP contribution in [0, 0.1) is 11.3 Å². The number of nitriles is 1. The Morgan fingerprint density at radius 3 is 2.11 bits per heavy atom. The lowest BCUT2D eigenvalue weighted by Crippen LogP contribution is -2.10. The van der Waals surface area contributed by atoms with Crippen LogP contribution in [0.25, 0.3) is 22.4 Å². The van der Waals surface area contributed by atoms with E-state index in [1.807, 2.05) is 30.3 Å². The van der Waals surface area contributed by atoms with Gasteiger partial charge in [-0.15, -0.1) is 0 Å². The van der Waals surface area contributed by atoms with E-state index in [0.29, 0.717) is 5.56 Å². The zero-order valence-electron chi connectivity index (χ0n) is 16.4. The molecule has 1 aromatic heterocycles. The molecule has 3 heteroatoms. The molecule has 0 fully saturated rings. The number of hydrogen-bond donors (Lipinski definition) is 1. The summed E-state index contributed by atoms with van der Waals surface area (Å²) in [7, 11) is 0. The van der Waals surface area contributed by atoms with Crippen molar-refractivity contribution in [1.29, 1.82) is 5.26 Å². The summed E-state index contributed by atoms with van der Waals surface area (Å²) in [6.07, 6.45) is 0.766. The van der Waals surface area contributed by atoms with Crippen molar-refractivity contribution in [2.24, 2.45) is 0 Å². The van der Waals surface area contributed by atoms with Gasteiger partial charge in [-0.05, 0) is 28.5 Å². The lowest BCUT2D eigenvalue weighted by atomic mass is 9.85. The van der Waals surface area contributed by atoms with Crippen molar-refractivity contribution in [3.8, 4) is 28.5 Å². The summed E-state index contributed by atoms with van der Waals surface area (Å²) in [5.74, 6) is 0.281. The standard InChI is InChI=1S/C24H25N3/c1-5-19-21(16-11-13-18(14-12-16)24(2,3)4)20(15-25)23(26)27-22(19)17-9-7-6-8-10-17/h6-14H,5H2,1-4H3,(H2,26,27). The summed E-state index contributed by atoms with van der Waals surface area (Å²) < 4.78 is 0. The molecule has 0 aliphatic carbocycles. The van der Waals surface area contributed by atoms with Crippen LogP contribution in [0.1, 0.15) is 44.4 Å². The zero-order chi connectivity index (χ0) is 19.6. The zero-order valence-corrected chi connectivity index (χ0v) is 16.4. The number of rotatable bonds is 3. The van der Waals surface area contributed by atoms with Gasteiger partial charge in [0.2, 0.25) is 0 Å². The van der Waals surface area contributed by atoms with Crippen LogP contribution in [0.2, 0.25) is 0 Å². The van der Waals surface area contributed by atoms with Gasteiger partial charge >= 0.3 is 0 Å². The summed E-state index contributed by atoms with van der Waals surface area (Å²) in [4.78, 5) is 4.58.